The molecule has 3 rings (SSSR count). The maximum absolute atomic E-state index is 13.0. The third-order valence-electron chi connectivity index (χ3n) is 4.57. The molecule has 1 aromatic carbocycles. The molecule has 2 heterocycles. The van der Waals surface area contributed by atoms with Crippen LogP contribution in [0.25, 0.3) is 0 Å². The van der Waals surface area contributed by atoms with Crippen molar-refractivity contribution in [3.63, 3.8) is 0 Å². The van der Waals surface area contributed by atoms with Crippen molar-refractivity contribution in [2.24, 2.45) is 0 Å². The first-order valence-corrected chi connectivity index (χ1v) is 8.48. The minimum atomic E-state index is -0.0659. The molecule has 0 radical (unpaired) electrons. The predicted octanol–water partition coefficient (Wildman–Crippen LogP) is 1.49. The molecular weight excluding hydrogens is 334 g/mol. The van der Waals surface area contributed by atoms with Gasteiger partial charge in [0.05, 0.1) is 26.9 Å². The second-order valence-corrected chi connectivity index (χ2v) is 5.94. The van der Waals surface area contributed by atoms with Crippen molar-refractivity contribution in [2.45, 2.75) is 0 Å². The fraction of sp³-hybridized carbons (Fsp3) is 0.368. The number of H-pyrrole nitrogens is 1. The molecule has 1 fully saturated rings. The lowest BCUT2D eigenvalue weighted by molar-refractivity contribution is -0.377. The first-order chi connectivity index (χ1) is 12.7. The SMILES string of the molecule is COc1cc(OC)c(C(=O)N2CCN(c3cc[nH+]cc3)CC2)cc1OC. The van der Waals surface area contributed by atoms with Crippen LogP contribution in [0.3, 0.4) is 0 Å². The molecule has 2 aromatic rings. The van der Waals surface area contributed by atoms with E-state index in [9.17, 15) is 4.79 Å². The zero-order valence-corrected chi connectivity index (χ0v) is 15.3. The second kappa shape index (κ2) is 7.95. The number of anilines is 1. The van der Waals surface area contributed by atoms with E-state index in [4.69, 9.17) is 14.2 Å². The van der Waals surface area contributed by atoms with Gasteiger partial charge in [0, 0.05) is 56.1 Å². The van der Waals surface area contributed by atoms with Crippen LogP contribution in [-0.2, 0) is 0 Å². The standard InChI is InChI=1S/C19H23N3O4/c1-24-16-13-18(26-3)17(25-2)12-15(16)19(23)22-10-8-21(9-11-22)14-4-6-20-7-5-14/h4-7,12-13H,8-11H2,1-3H3/p+1. The number of benzene rings is 1. The van der Waals surface area contributed by atoms with E-state index in [1.165, 1.54) is 0 Å². The monoisotopic (exact) mass is 358 g/mol. The Morgan fingerprint density at radius 2 is 1.46 bits per heavy atom. The van der Waals surface area contributed by atoms with Crippen LogP contribution in [0.2, 0.25) is 0 Å². The van der Waals surface area contributed by atoms with Crippen LogP contribution in [0.1, 0.15) is 10.4 Å². The summed E-state index contributed by atoms with van der Waals surface area (Å²) in [7, 11) is 4.65. The van der Waals surface area contributed by atoms with Crippen LogP contribution in [0.15, 0.2) is 36.7 Å². The first-order valence-electron chi connectivity index (χ1n) is 8.48. The van der Waals surface area contributed by atoms with Crippen molar-refractivity contribution in [1.82, 2.24) is 4.90 Å². The van der Waals surface area contributed by atoms with E-state index in [2.05, 4.69) is 9.88 Å². The molecule has 1 aromatic heterocycles. The highest BCUT2D eigenvalue weighted by atomic mass is 16.5. The van der Waals surface area contributed by atoms with Gasteiger partial charge in [0.2, 0.25) is 0 Å². The minimum Gasteiger partial charge on any atom is -0.496 e. The molecule has 7 nitrogen and oxygen atoms in total. The minimum absolute atomic E-state index is 0.0659. The van der Waals surface area contributed by atoms with E-state index < -0.39 is 0 Å². The van der Waals surface area contributed by atoms with Crippen LogP contribution >= 0.6 is 0 Å². The number of pyridine rings is 1. The molecule has 0 unspecified atom stereocenters. The van der Waals surface area contributed by atoms with E-state index in [1.807, 2.05) is 29.4 Å². The summed E-state index contributed by atoms with van der Waals surface area (Å²) in [5.41, 5.74) is 1.63. The highest BCUT2D eigenvalue weighted by Crippen LogP contribution is 2.35. The Kier molecular flexibility index (Phi) is 5.46. The van der Waals surface area contributed by atoms with Gasteiger partial charge in [0.15, 0.2) is 23.9 Å². The van der Waals surface area contributed by atoms with Gasteiger partial charge in [-0.1, -0.05) is 0 Å². The lowest BCUT2D eigenvalue weighted by Gasteiger charge is -2.36. The zero-order valence-electron chi connectivity index (χ0n) is 15.3. The summed E-state index contributed by atoms with van der Waals surface area (Å²) in [4.78, 5) is 20.2. The summed E-state index contributed by atoms with van der Waals surface area (Å²) in [5, 5.41) is 0. The molecule has 0 saturated carbocycles. The lowest BCUT2D eigenvalue weighted by atomic mass is 10.1. The van der Waals surface area contributed by atoms with Gasteiger partial charge in [-0.25, -0.2) is 4.98 Å². The van der Waals surface area contributed by atoms with Gasteiger partial charge in [0.1, 0.15) is 5.75 Å². The largest absolute Gasteiger partial charge is 0.496 e. The number of ether oxygens (including phenoxy) is 3. The van der Waals surface area contributed by atoms with Crippen LogP contribution in [0.4, 0.5) is 5.69 Å². The quantitative estimate of drug-likeness (QED) is 0.810. The molecule has 1 amide bonds. The number of aromatic nitrogens is 1. The number of carbonyl (C=O) groups is 1. The van der Waals surface area contributed by atoms with Crippen LogP contribution in [0, 0.1) is 0 Å². The Labute approximate surface area is 153 Å². The van der Waals surface area contributed by atoms with Gasteiger partial charge in [0.25, 0.3) is 5.91 Å². The Bertz CT molecular complexity index is 759. The summed E-state index contributed by atoms with van der Waals surface area (Å²) in [6.45, 7) is 2.86. The number of aromatic amines is 1. The van der Waals surface area contributed by atoms with Crippen LogP contribution in [-0.4, -0.2) is 58.3 Å². The van der Waals surface area contributed by atoms with E-state index in [-0.39, 0.29) is 5.91 Å². The molecule has 0 bridgehead atoms. The Hall–Kier alpha value is -2.96. The van der Waals surface area contributed by atoms with E-state index in [1.54, 1.807) is 33.5 Å². The van der Waals surface area contributed by atoms with Gasteiger partial charge in [-0.05, 0) is 0 Å². The summed E-state index contributed by atoms with van der Waals surface area (Å²) in [6, 6.07) is 7.44. The van der Waals surface area contributed by atoms with Gasteiger partial charge >= 0.3 is 0 Å². The molecule has 26 heavy (non-hydrogen) atoms. The number of nitrogens with one attached hydrogen (secondary N) is 1. The number of nitrogens with zero attached hydrogens (tertiary/aromatic N) is 2. The normalized spacial score (nSPS) is 14.1. The summed E-state index contributed by atoms with van der Waals surface area (Å²) in [6.07, 6.45) is 3.81. The smallest absolute Gasteiger partial charge is 0.257 e. The van der Waals surface area contributed by atoms with Crippen molar-refractivity contribution in [1.29, 1.82) is 0 Å². The average Bonchev–Trinajstić information content (AvgIpc) is 2.72. The van der Waals surface area contributed by atoms with Crippen LogP contribution in [0.5, 0.6) is 17.2 Å². The van der Waals surface area contributed by atoms with E-state index >= 15 is 0 Å². The molecule has 1 aliphatic heterocycles. The Morgan fingerprint density at radius 3 is 2.04 bits per heavy atom. The van der Waals surface area contributed by atoms with Crippen molar-refractivity contribution in [3.05, 3.63) is 42.2 Å². The number of piperazine rings is 1. The molecule has 0 aliphatic carbocycles. The van der Waals surface area contributed by atoms with Crippen molar-refractivity contribution < 1.29 is 24.0 Å². The maximum Gasteiger partial charge on any atom is 0.257 e. The van der Waals surface area contributed by atoms with Gasteiger partial charge < -0.3 is 24.0 Å². The summed E-state index contributed by atoms with van der Waals surface area (Å²) < 4.78 is 16.0. The maximum atomic E-state index is 13.0. The number of rotatable bonds is 5. The van der Waals surface area contributed by atoms with Crippen molar-refractivity contribution in [2.75, 3.05) is 52.4 Å². The second-order valence-electron chi connectivity index (χ2n) is 5.94. The van der Waals surface area contributed by atoms with E-state index in [0.717, 1.165) is 18.8 Å². The molecule has 1 N–H and O–H groups in total. The highest BCUT2D eigenvalue weighted by Gasteiger charge is 2.26. The number of methoxy groups -OCH3 is 3. The molecule has 0 spiro atoms. The molecule has 138 valence electrons. The zero-order chi connectivity index (χ0) is 18.5. The molecular formula is C19H24N3O4+. The average molecular weight is 358 g/mol. The Morgan fingerprint density at radius 1 is 0.885 bits per heavy atom. The summed E-state index contributed by atoms with van der Waals surface area (Å²) >= 11 is 0. The third-order valence-corrected chi connectivity index (χ3v) is 4.57. The van der Waals surface area contributed by atoms with Gasteiger partial charge in [-0.3, -0.25) is 4.79 Å². The van der Waals surface area contributed by atoms with Gasteiger partial charge in [-0.15, -0.1) is 0 Å². The lowest BCUT2D eigenvalue weighted by Crippen LogP contribution is -2.48. The van der Waals surface area contributed by atoms with E-state index in [0.29, 0.717) is 35.9 Å². The first kappa shape index (κ1) is 17.8. The fourth-order valence-corrected chi connectivity index (χ4v) is 3.12. The highest BCUT2D eigenvalue weighted by molar-refractivity contribution is 5.98. The van der Waals surface area contributed by atoms with Crippen molar-refractivity contribution >= 4 is 11.6 Å². The number of carbonyl (C=O) groups excluding carboxylic acids is 1. The number of hydrogen-bond donors (Lipinski definition) is 0. The Balaban J connectivity index is 1.76. The molecule has 1 saturated heterocycles. The van der Waals surface area contributed by atoms with Crippen LogP contribution < -0.4 is 24.1 Å². The fourth-order valence-electron chi connectivity index (χ4n) is 3.12. The topological polar surface area (TPSA) is 65.4 Å². The summed E-state index contributed by atoms with van der Waals surface area (Å²) in [5.74, 6) is 1.46. The third kappa shape index (κ3) is 3.51. The molecule has 1 aliphatic rings. The van der Waals surface area contributed by atoms with Gasteiger partial charge in [-0.2, -0.15) is 0 Å². The van der Waals surface area contributed by atoms with Crippen molar-refractivity contribution in [3.8, 4) is 17.2 Å². The number of hydrogen-bond acceptors (Lipinski definition) is 5. The predicted molar refractivity (Wildman–Crippen MR) is 97.2 cm³/mol. The molecule has 7 heteroatoms. The number of amides is 1. The molecule has 0 atom stereocenters.